The molecular formula is C14H19N3OS. The summed E-state index contributed by atoms with van der Waals surface area (Å²) < 4.78 is 0. The molecule has 0 amide bonds. The lowest BCUT2D eigenvalue weighted by Crippen LogP contribution is -2.23. The number of nitrogens with one attached hydrogen (secondary N) is 1. The van der Waals surface area contributed by atoms with Crippen molar-refractivity contribution in [1.82, 2.24) is 9.97 Å². The van der Waals surface area contributed by atoms with E-state index < -0.39 is 0 Å². The van der Waals surface area contributed by atoms with Gasteiger partial charge in [-0.15, -0.1) is 11.3 Å². The Morgan fingerprint density at radius 2 is 2.21 bits per heavy atom. The van der Waals surface area contributed by atoms with Crippen molar-refractivity contribution >= 4 is 27.4 Å². The fourth-order valence-electron chi connectivity index (χ4n) is 2.67. The number of aliphatic hydroxyl groups is 1. The SMILES string of the molecule is CCC(CO)Nc1ncnc2sc3c(c12)CCCC3. The number of aromatic nitrogens is 2. The Balaban J connectivity index is 2.06. The second kappa shape index (κ2) is 5.43. The van der Waals surface area contributed by atoms with Gasteiger partial charge in [-0.1, -0.05) is 6.92 Å². The van der Waals surface area contributed by atoms with Gasteiger partial charge >= 0.3 is 0 Å². The molecule has 1 unspecified atom stereocenters. The molecule has 0 spiro atoms. The number of thiophene rings is 1. The van der Waals surface area contributed by atoms with E-state index in [1.807, 2.05) is 0 Å². The van der Waals surface area contributed by atoms with Gasteiger partial charge in [0.2, 0.25) is 0 Å². The number of aryl methyl sites for hydroxylation is 2. The molecule has 0 fully saturated rings. The van der Waals surface area contributed by atoms with Crippen LogP contribution in [0.25, 0.3) is 10.2 Å². The summed E-state index contributed by atoms with van der Waals surface area (Å²) in [7, 11) is 0. The second-order valence-electron chi connectivity index (χ2n) is 5.05. The fraction of sp³-hybridized carbons (Fsp3) is 0.571. The monoisotopic (exact) mass is 277 g/mol. The highest BCUT2D eigenvalue weighted by atomic mass is 32.1. The summed E-state index contributed by atoms with van der Waals surface area (Å²) in [5.41, 5.74) is 1.43. The van der Waals surface area contributed by atoms with Crippen LogP contribution < -0.4 is 5.32 Å². The van der Waals surface area contributed by atoms with Gasteiger partial charge in [-0.25, -0.2) is 9.97 Å². The predicted octanol–water partition coefficient (Wildman–Crippen LogP) is 2.75. The molecule has 2 aromatic rings. The lowest BCUT2D eigenvalue weighted by atomic mass is 9.97. The van der Waals surface area contributed by atoms with Crippen molar-refractivity contribution in [3.8, 4) is 0 Å². The Morgan fingerprint density at radius 3 is 3.00 bits per heavy atom. The van der Waals surface area contributed by atoms with Crippen molar-refractivity contribution in [3.63, 3.8) is 0 Å². The summed E-state index contributed by atoms with van der Waals surface area (Å²) in [5.74, 6) is 0.894. The summed E-state index contributed by atoms with van der Waals surface area (Å²) in [5, 5.41) is 13.9. The maximum Gasteiger partial charge on any atom is 0.138 e. The summed E-state index contributed by atoms with van der Waals surface area (Å²) in [6, 6.07) is 0.0669. The first-order valence-electron chi connectivity index (χ1n) is 6.96. The average molecular weight is 277 g/mol. The van der Waals surface area contributed by atoms with Gasteiger partial charge in [-0.05, 0) is 37.7 Å². The Kier molecular flexibility index (Phi) is 3.66. The van der Waals surface area contributed by atoms with Crippen LogP contribution >= 0.6 is 11.3 Å². The van der Waals surface area contributed by atoms with Crippen LogP contribution in [0.2, 0.25) is 0 Å². The molecule has 0 saturated carbocycles. The molecule has 3 rings (SSSR count). The number of nitrogens with zero attached hydrogens (tertiary/aromatic N) is 2. The van der Waals surface area contributed by atoms with E-state index in [2.05, 4.69) is 22.2 Å². The number of aliphatic hydroxyl groups excluding tert-OH is 1. The van der Waals surface area contributed by atoms with Crippen molar-refractivity contribution in [2.24, 2.45) is 0 Å². The van der Waals surface area contributed by atoms with Crippen LogP contribution in [-0.2, 0) is 12.8 Å². The minimum absolute atomic E-state index is 0.0669. The van der Waals surface area contributed by atoms with E-state index in [1.54, 1.807) is 17.7 Å². The second-order valence-corrected chi connectivity index (χ2v) is 6.13. The minimum atomic E-state index is 0.0669. The molecule has 0 aromatic carbocycles. The molecule has 0 saturated heterocycles. The van der Waals surface area contributed by atoms with Crippen LogP contribution in [0, 0.1) is 0 Å². The Hall–Kier alpha value is -1.20. The maximum atomic E-state index is 9.35. The lowest BCUT2D eigenvalue weighted by Gasteiger charge is -2.16. The third-order valence-corrected chi connectivity index (χ3v) is 5.01. The van der Waals surface area contributed by atoms with E-state index in [4.69, 9.17) is 0 Å². The van der Waals surface area contributed by atoms with Gasteiger partial charge in [0.05, 0.1) is 18.0 Å². The summed E-state index contributed by atoms with van der Waals surface area (Å²) >= 11 is 1.80. The zero-order valence-electron chi connectivity index (χ0n) is 11.1. The molecule has 1 aliphatic carbocycles. The molecule has 1 atom stereocenters. The largest absolute Gasteiger partial charge is 0.394 e. The molecule has 0 bridgehead atoms. The Bertz CT molecular complexity index is 577. The number of rotatable bonds is 4. The van der Waals surface area contributed by atoms with Crippen LogP contribution in [0.5, 0.6) is 0 Å². The van der Waals surface area contributed by atoms with Crippen LogP contribution in [0.15, 0.2) is 6.33 Å². The molecule has 5 heteroatoms. The predicted molar refractivity (Wildman–Crippen MR) is 78.8 cm³/mol. The Labute approximate surface area is 116 Å². The summed E-state index contributed by atoms with van der Waals surface area (Å²) in [4.78, 5) is 11.4. The van der Waals surface area contributed by atoms with Crippen molar-refractivity contribution in [2.75, 3.05) is 11.9 Å². The maximum absolute atomic E-state index is 9.35. The van der Waals surface area contributed by atoms with E-state index in [0.717, 1.165) is 23.5 Å². The molecule has 2 aromatic heterocycles. The van der Waals surface area contributed by atoms with E-state index in [9.17, 15) is 5.11 Å². The van der Waals surface area contributed by atoms with Gasteiger partial charge in [0.1, 0.15) is 17.0 Å². The lowest BCUT2D eigenvalue weighted by molar-refractivity contribution is 0.271. The van der Waals surface area contributed by atoms with Crippen LogP contribution in [0.1, 0.15) is 36.6 Å². The molecule has 1 aliphatic rings. The number of hydrogen-bond acceptors (Lipinski definition) is 5. The minimum Gasteiger partial charge on any atom is -0.394 e. The number of anilines is 1. The summed E-state index contributed by atoms with van der Waals surface area (Å²) in [6.45, 7) is 2.20. The normalized spacial score (nSPS) is 16.3. The van der Waals surface area contributed by atoms with Crippen LogP contribution in [0.4, 0.5) is 5.82 Å². The highest BCUT2D eigenvalue weighted by Crippen LogP contribution is 2.38. The first-order valence-corrected chi connectivity index (χ1v) is 7.77. The third kappa shape index (κ3) is 2.32. The van der Waals surface area contributed by atoms with E-state index in [1.165, 1.54) is 35.1 Å². The standard InChI is InChI=1S/C14H19N3OS/c1-2-9(7-18)17-13-12-10-5-3-4-6-11(10)19-14(12)16-8-15-13/h8-9,18H,2-7H2,1H3,(H,15,16,17). The molecule has 4 nitrogen and oxygen atoms in total. The first kappa shape index (κ1) is 12.8. The van der Waals surface area contributed by atoms with Crippen molar-refractivity contribution in [2.45, 2.75) is 45.1 Å². The van der Waals surface area contributed by atoms with Crippen molar-refractivity contribution < 1.29 is 5.11 Å². The van der Waals surface area contributed by atoms with Crippen LogP contribution in [0.3, 0.4) is 0 Å². The smallest absolute Gasteiger partial charge is 0.138 e. The van der Waals surface area contributed by atoms with Crippen molar-refractivity contribution in [3.05, 3.63) is 16.8 Å². The van der Waals surface area contributed by atoms with E-state index in [0.29, 0.717) is 0 Å². The highest BCUT2D eigenvalue weighted by molar-refractivity contribution is 7.19. The fourth-order valence-corrected chi connectivity index (χ4v) is 3.90. The van der Waals surface area contributed by atoms with Gasteiger partial charge in [0.25, 0.3) is 0 Å². The molecule has 0 aliphatic heterocycles. The highest BCUT2D eigenvalue weighted by Gasteiger charge is 2.20. The van der Waals surface area contributed by atoms with Crippen molar-refractivity contribution in [1.29, 1.82) is 0 Å². The molecule has 2 N–H and O–H groups in total. The average Bonchev–Trinajstić information content (AvgIpc) is 2.84. The quantitative estimate of drug-likeness (QED) is 0.902. The topological polar surface area (TPSA) is 58.0 Å². The zero-order chi connectivity index (χ0) is 13.2. The van der Waals surface area contributed by atoms with Gasteiger partial charge in [0, 0.05) is 4.88 Å². The number of fused-ring (bicyclic) bond motifs is 3. The van der Waals surface area contributed by atoms with Gasteiger partial charge < -0.3 is 10.4 Å². The summed E-state index contributed by atoms with van der Waals surface area (Å²) in [6.07, 6.45) is 7.35. The van der Waals surface area contributed by atoms with Gasteiger partial charge in [0.15, 0.2) is 0 Å². The van der Waals surface area contributed by atoms with E-state index in [-0.39, 0.29) is 12.6 Å². The molecular weight excluding hydrogens is 258 g/mol. The molecule has 0 radical (unpaired) electrons. The Morgan fingerprint density at radius 1 is 1.37 bits per heavy atom. The third-order valence-electron chi connectivity index (χ3n) is 3.81. The first-order chi connectivity index (χ1) is 9.33. The molecule has 19 heavy (non-hydrogen) atoms. The van der Waals surface area contributed by atoms with Crippen LogP contribution in [-0.4, -0.2) is 27.7 Å². The van der Waals surface area contributed by atoms with E-state index >= 15 is 0 Å². The van der Waals surface area contributed by atoms with Gasteiger partial charge in [-0.3, -0.25) is 0 Å². The van der Waals surface area contributed by atoms with Gasteiger partial charge in [-0.2, -0.15) is 0 Å². The molecule has 102 valence electrons. The number of hydrogen-bond donors (Lipinski definition) is 2. The molecule has 2 heterocycles. The zero-order valence-corrected chi connectivity index (χ0v) is 12.0.